The molecule has 1 aliphatic heterocycles. The van der Waals surface area contributed by atoms with E-state index in [1.807, 2.05) is 25.1 Å². The van der Waals surface area contributed by atoms with Crippen LogP contribution in [0, 0.1) is 6.92 Å². The predicted octanol–water partition coefficient (Wildman–Crippen LogP) is 3.37. The molecule has 1 N–H and O–H groups in total. The summed E-state index contributed by atoms with van der Waals surface area (Å²) in [4.78, 5) is 26.6. The normalized spacial score (nSPS) is 16.9. The highest BCUT2D eigenvalue weighted by molar-refractivity contribution is 6.35. The van der Waals surface area contributed by atoms with Gasteiger partial charge in [-0.15, -0.1) is 0 Å². The third-order valence-electron chi connectivity index (χ3n) is 4.21. The van der Waals surface area contributed by atoms with Crippen LogP contribution >= 0.6 is 0 Å². The van der Waals surface area contributed by atoms with E-state index < -0.39 is 0 Å². The molecule has 1 fully saturated rings. The van der Waals surface area contributed by atoms with Gasteiger partial charge in [-0.2, -0.15) is 0 Å². The van der Waals surface area contributed by atoms with Crippen LogP contribution in [-0.4, -0.2) is 17.9 Å². The molecular weight excluding hydrogens is 276 g/mol. The van der Waals surface area contributed by atoms with Gasteiger partial charge in [0, 0.05) is 6.04 Å². The van der Waals surface area contributed by atoms with E-state index in [4.69, 9.17) is 0 Å². The molecular formula is C18H16N2O2. The van der Waals surface area contributed by atoms with Crippen LogP contribution in [0.25, 0.3) is 0 Å². The van der Waals surface area contributed by atoms with E-state index in [2.05, 4.69) is 5.32 Å². The number of carbonyl (C=O) groups is 2. The van der Waals surface area contributed by atoms with Gasteiger partial charge in [-0.1, -0.05) is 24.3 Å². The van der Waals surface area contributed by atoms with E-state index in [0.717, 1.165) is 24.1 Å². The molecule has 2 aliphatic rings. The molecule has 0 unspecified atom stereocenters. The lowest BCUT2D eigenvalue weighted by Crippen LogP contribution is -2.30. The molecule has 1 saturated carbocycles. The van der Waals surface area contributed by atoms with E-state index >= 15 is 0 Å². The largest absolute Gasteiger partial charge is 0.380 e. The van der Waals surface area contributed by atoms with Crippen LogP contribution in [0.4, 0.5) is 11.4 Å². The van der Waals surface area contributed by atoms with Gasteiger partial charge < -0.3 is 5.32 Å². The van der Waals surface area contributed by atoms with Crippen LogP contribution < -0.4 is 10.2 Å². The Kier molecular flexibility index (Phi) is 2.79. The van der Waals surface area contributed by atoms with E-state index in [1.54, 1.807) is 24.3 Å². The second kappa shape index (κ2) is 4.70. The van der Waals surface area contributed by atoms with Crippen LogP contribution in [0.1, 0.15) is 39.1 Å². The van der Waals surface area contributed by atoms with Crippen molar-refractivity contribution in [1.29, 1.82) is 0 Å². The van der Waals surface area contributed by atoms with Crippen molar-refractivity contribution in [2.45, 2.75) is 25.8 Å². The molecule has 0 radical (unpaired) electrons. The fraction of sp³-hybridized carbons (Fsp3) is 0.222. The second-order valence-corrected chi connectivity index (χ2v) is 5.88. The summed E-state index contributed by atoms with van der Waals surface area (Å²) in [7, 11) is 0. The summed E-state index contributed by atoms with van der Waals surface area (Å²) in [6.07, 6.45) is 2.27. The van der Waals surface area contributed by atoms with Crippen LogP contribution in [0.3, 0.4) is 0 Å². The summed E-state index contributed by atoms with van der Waals surface area (Å²) in [5.74, 6) is -0.491. The lowest BCUT2D eigenvalue weighted by Gasteiger charge is -2.20. The smallest absolute Gasteiger partial charge is 0.266 e. The first kappa shape index (κ1) is 13.1. The minimum absolute atomic E-state index is 0.245. The minimum Gasteiger partial charge on any atom is -0.380 e. The van der Waals surface area contributed by atoms with Crippen LogP contribution in [0.2, 0.25) is 0 Å². The lowest BCUT2D eigenvalue weighted by atomic mass is 10.1. The van der Waals surface area contributed by atoms with Gasteiger partial charge in [0.05, 0.1) is 22.5 Å². The predicted molar refractivity (Wildman–Crippen MR) is 85.4 cm³/mol. The maximum Gasteiger partial charge on any atom is 0.266 e. The molecule has 110 valence electrons. The van der Waals surface area contributed by atoms with Gasteiger partial charge in [-0.25, -0.2) is 4.90 Å². The van der Waals surface area contributed by atoms with Gasteiger partial charge in [0.1, 0.15) is 0 Å². The number of hydrogen-bond donors (Lipinski definition) is 1. The number of aryl methyl sites for hydroxylation is 1. The zero-order valence-electron chi connectivity index (χ0n) is 12.3. The number of anilines is 2. The molecule has 0 atom stereocenters. The average molecular weight is 292 g/mol. The van der Waals surface area contributed by atoms with Gasteiger partial charge in [-0.3, -0.25) is 9.59 Å². The van der Waals surface area contributed by atoms with Crippen molar-refractivity contribution >= 4 is 23.2 Å². The third kappa shape index (κ3) is 1.91. The summed E-state index contributed by atoms with van der Waals surface area (Å²) in [6, 6.07) is 13.1. The summed E-state index contributed by atoms with van der Waals surface area (Å²) >= 11 is 0. The number of amides is 2. The molecule has 4 nitrogen and oxygen atoms in total. The van der Waals surface area contributed by atoms with Crippen molar-refractivity contribution in [3.63, 3.8) is 0 Å². The summed E-state index contributed by atoms with van der Waals surface area (Å²) in [6.45, 7) is 1.99. The van der Waals surface area contributed by atoms with E-state index in [9.17, 15) is 9.59 Å². The molecule has 0 saturated heterocycles. The highest BCUT2D eigenvalue weighted by Crippen LogP contribution is 2.37. The Hall–Kier alpha value is -2.62. The van der Waals surface area contributed by atoms with Crippen molar-refractivity contribution in [2.24, 2.45) is 0 Å². The summed E-state index contributed by atoms with van der Waals surface area (Å²) in [5, 5.41) is 3.45. The zero-order valence-corrected chi connectivity index (χ0v) is 12.3. The standard InChI is InChI=1S/C18H16N2O2/c1-11-5-4-8-15(16(11)19-12-9-10-12)20-17(21)13-6-2-3-7-14(13)18(20)22/h2-8,12,19H,9-10H2,1H3. The molecule has 0 spiro atoms. The number of imide groups is 1. The summed E-state index contributed by atoms with van der Waals surface area (Å²) in [5.41, 5.74) is 3.54. The Bertz CT molecular complexity index is 758. The highest BCUT2D eigenvalue weighted by atomic mass is 16.2. The van der Waals surface area contributed by atoms with Crippen molar-refractivity contribution in [3.8, 4) is 0 Å². The van der Waals surface area contributed by atoms with Crippen molar-refractivity contribution in [2.75, 3.05) is 10.2 Å². The average Bonchev–Trinajstić information content (AvgIpc) is 3.30. The molecule has 1 aliphatic carbocycles. The van der Waals surface area contributed by atoms with E-state index in [0.29, 0.717) is 22.9 Å². The third-order valence-corrected chi connectivity index (χ3v) is 4.21. The van der Waals surface area contributed by atoms with Crippen molar-refractivity contribution in [3.05, 3.63) is 59.2 Å². The number of hydrogen-bond acceptors (Lipinski definition) is 3. The first-order valence-electron chi connectivity index (χ1n) is 7.51. The summed E-state index contributed by atoms with van der Waals surface area (Å²) < 4.78 is 0. The van der Waals surface area contributed by atoms with Gasteiger partial charge in [-0.05, 0) is 43.5 Å². The molecule has 1 heterocycles. The molecule has 4 heteroatoms. The Morgan fingerprint density at radius 1 is 0.955 bits per heavy atom. The van der Waals surface area contributed by atoms with Gasteiger partial charge in [0.25, 0.3) is 11.8 Å². The number of carbonyl (C=O) groups excluding carboxylic acids is 2. The second-order valence-electron chi connectivity index (χ2n) is 5.88. The topological polar surface area (TPSA) is 49.4 Å². The molecule has 0 bridgehead atoms. The molecule has 4 rings (SSSR count). The van der Waals surface area contributed by atoms with Crippen LogP contribution in [0.15, 0.2) is 42.5 Å². The first-order valence-corrected chi connectivity index (χ1v) is 7.51. The van der Waals surface area contributed by atoms with Crippen molar-refractivity contribution in [1.82, 2.24) is 0 Å². The van der Waals surface area contributed by atoms with Gasteiger partial charge in [0.15, 0.2) is 0 Å². The SMILES string of the molecule is Cc1cccc(N2C(=O)c3ccccc3C2=O)c1NC1CC1. The quantitative estimate of drug-likeness (QED) is 0.882. The van der Waals surface area contributed by atoms with Crippen LogP contribution in [0.5, 0.6) is 0 Å². The maximum absolute atomic E-state index is 12.6. The molecule has 22 heavy (non-hydrogen) atoms. The van der Waals surface area contributed by atoms with Gasteiger partial charge >= 0.3 is 0 Å². The van der Waals surface area contributed by atoms with Gasteiger partial charge in [0.2, 0.25) is 0 Å². The fourth-order valence-electron chi connectivity index (χ4n) is 2.87. The number of para-hydroxylation sites is 1. The molecule has 0 aromatic heterocycles. The number of nitrogens with one attached hydrogen (secondary N) is 1. The lowest BCUT2D eigenvalue weighted by molar-refractivity contribution is 0.0926. The molecule has 2 amide bonds. The van der Waals surface area contributed by atoms with Crippen molar-refractivity contribution < 1.29 is 9.59 Å². The minimum atomic E-state index is -0.245. The number of fused-ring (bicyclic) bond motifs is 1. The van der Waals surface area contributed by atoms with E-state index in [1.165, 1.54) is 4.90 Å². The number of nitrogens with zero attached hydrogens (tertiary/aromatic N) is 1. The monoisotopic (exact) mass is 292 g/mol. The fourth-order valence-corrected chi connectivity index (χ4v) is 2.87. The van der Waals surface area contributed by atoms with E-state index in [-0.39, 0.29) is 11.8 Å². The van der Waals surface area contributed by atoms with Crippen LogP contribution in [-0.2, 0) is 0 Å². The Labute approximate surface area is 128 Å². The Balaban J connectivity index is 1.82. The first-order chi connectivity index (χ1) is 10.7. The Morgan fingerprint density at radius 3 is 2.18 bits per heavy atom. The number of benzene rings is 2. The highest BCUT2D eigenvalue weighted by Gasteiger charge is 2.38. The zero-order chi connectivity index (χ0) is 15.3. The Morgan fingerprint density at radius 2 is 1.59 bits per heavy atom. The molecule has 2 aromatic carbocycles. The molecule has 2 aromatic rings. The maximum atomic E-state index is 12.6. The number of rotatable bonds is 3.